The molecule has 31 heavy (non-hydrogen) atoms. The zero-order valence-corrected chi connectivity index (χ0v) is 18.8. The molecule has 2 atom stereocenters. The second-order valence-electron chi connectivity index (χ2n) is 9.24. The van der Waals surface area contributed by atoms with Crippen LogP contribution in [0.15, 0.2) is 35.7 Å². The number of benzene rings is 1. The summed E-state index contributed by atoms with van der Waals surface area (Å²) in [5, 5.41) is 2.07. The molecule has 164 valence electrons. The van der Waals surface area contributed by atoms with Crippen molar-refractivity contribution in [1.82, 2.24) is 9.80 Å². The molecule has 0 bridgehead atoms. The SMILES string of the molecule is CC1(C)Cc2cccc(OCC(=O)N3CCN(C(=O)[C@H]4C[C@@H]4c4cccs4)CC3)c2O1. The van der Waals surface area contributed by atoms with E-state index in [0.717, 1.165) is 24.2 Å². The minimum absolute atomic E-state index is 0.0166. The summed E-state index contributed by atoms with van der Waals surface area (Å²) >= 11 is 1.73. The molecule has 1 aliphatic carbocycles. The van der Waals surface area contributed by atoms with Crippen molar-refractivity contribution < 1.29 is 19.1 Å². The Bertz CT molecular complexity index is 979. The lowest BCUT2D eigenvalue weighted by molar-refractivity contribution is -0.141. The predicted molar refractivity (Wildman–Crippen MR) is 119 cm³/mol. The van der Waals surface area contributed by atoms with Crippen LogP contribution in [0.2, 0.25) is 0 Å². The van der Waals surface area contributed by atoms with Crippen LogP contribution in [0, 0.1) is 5.92 Å². The van der Waals surface area contributed by atoms with E-state index < -0.39 is 0 Å². The van der Waals surface area contributed by atoms with E-state index in [0.29, 0.717) is 37.8 Å². The van der Waals surface area contributed by atoms with Gasteiger partial charge in [-0.1, -0.05) is 18.2 Å². The number of carbonyl (C=O) groups excluding carboxylic acids is 2. The Balaban J connectivity index is 1.11. The van der Waals surface area contributed by atoms with Crippen molar-refractivity contribution in [2.45, 2.75) is 38.2 Å². The first-order valence-corrected chi connectivity index (χ1v) is 11.8. The fraction of sp³-hybridized carbons (Fsp3) is 0.500. The number of thiophene rings is 1. The fourth-order valence-corrected chi connectivity index (χ4v) is 5.53. The number of ether oxygens (including phenoxy) is 2. The highest BCUT2D eigenvalue weighted by Gasteiger charge is 2.46. The molecule has 2 aliphatic heterocycles. The van der Waals surface area contributed by atoms with Gasteiger partial charge in [0, 0.05) is 54.9 Å². The van der Waals surface area contributed by atoms with Crippen molar-refractivity contribution in [3.63, 3.8) is 0 Å². The summed E-state index contributed by atoms with van der Waals surface area (Å²) in [5.74, 6) is 2.07. The molecule has 2 aromatic rings. The molecule has 1 aromatic carbocycles. The van der Waals surface area contributed by atoms with Gasteiger partial charge in [-0.25, -0.2) is 0 Å². The molecule has 0 spiro atoms. The van der Waals surface area contributed by atoms with Gasteiger partial charge in [0.2, 0.25) is 5.91 Å². The van der Waals surface area contributed by atoms with Gasteiger partial charge in [0.25, 0.3) is 5.91 Å². The Kier molecular flexibility index (Phi) is 5.16. The minimum Gasteiger partial charge on any atom is -0.483 e. The quantitative estimate of drug-likeness (QED) is 0.716. The standard InChI is InChI=1S/C24H28N2O4S/c1-24(2)14-16-5-3-6-19(22(16)30-24)29-15-21(27)25-8-10-26(11-9-25)23(28)18-13-17(18)20-7-4-12-31-20/h3-7,12,17-18H,8-11,13-15H2,1-2H3/t17-,18-/m0/s1. The molecule has 3 heterocycles. The van der Waals surface area contributed by atoms with E-state index in [1.165, 1.54) is 4.88 Å². The van der Waals surface area contributed by atoms with E-state index in [1.807, 2.05) is 43.0 Å². The molecule has 0 unspecified atom stereocenters. The molecule has 5 rings (SSSR count). The Morgan fingerprint density at radius 1 is 1.13 bits per heavy atom. The maximum atomic E-state index is 12.8. The first kappa shape index (κ1) is 20.4. The Labute approximate surface area is 186 Å². The number of rotatable bonds is 5. The van der Waals surface area contributed by atoms with Gasteiger partial charge in [-0.2, -0.15) is 0 Å². The van der Waals surface area contributed by atoms with Gasteiger partial charge in [0.15, 0.2) is 18.1 Å². The van der Waals surface area contributed by atoms with Gasteiger partial charge < -0.3 is 19.3 Å². The average Bonchev–Trinajstić information content (AvgIpc) is 3.21. The number of fused-ring (bicyclic) bond motifs is 1. The monoisotopic (exact) mass is 440 g/mol. The van der Waals surface area contributed by atoms with E-state index in [2.05, 4.69) is 11.4 Å². The van der Waals surface area contributed by atoms with Crippen molar-refractivity contribution in [1.29, 1.82) is 0 Å². The number of para-hydroxylation sites is 1. The number of hydrogen-bond acceptors (Lipinski definition) is 5. The lowest BCUT2D eigenvalue weighted by atomic mass is 10.0. The van der Waals surface area contributed by atoms with Gasteiger partial charge in [0.05, 0.1) is 0 Å². The highest BCUT2D eigenvalue weighted by atomic mass is 32.1. The first-order valence-electron chi connectivity index (χ1n) is 10.9. The summed E-state index contributed by atoms with van der Waals surface area (Å²) < 4.78 is 11.9. The van der Waals surface area contributed by atoms with Crippen LogP contribution in [0.4, 0.5) is 0 Å². The summed E-state index contributed by atoms with van der Waals surface area (Å²) in [7, 11) is 0. The number of hydrogen-bond donors (Lipinski definition) is 0. The van der Waals surface area contributed by atoms with Gasteiger partial charge in [-0.15, -0.1) is 11.3 Å². The maximum Gasteiger partial charge on any atom is 0.260 e. The molecule has 2 fully saturated rings. The van der Waals surface area contributed by atoms with Crippen LogP contribution in [-0.4, -0.2) is 60.0 Å². The van der Waals surface area contributed by atoms with Gasteiger partial charge in [-0.3, -0.25) is 9.59 Å². The molecule has 1 aromatic heterocycles. The fourth-order valence-electron chi connectivity index (χ4n) is 4.63. The van der Waals surface area contributed by atoms with E-state index in [-0.39, 0.29) is 29.9 Å². The Morgan fingerprint density at radius 2 is 1.90 bits per heavy atom. The van der Waals surface area contributed by atoms with Gasteiger partial charge in [0.1, 0.15) is 5.60 Å². The third-order valence-electron chi connectivity index (χ3n) is 6.37. The largest absolute Gasteiger partial charge is 0.483 e. The third-order valence-corrected chi connectivity index (χ3v) is 7.37. The van der Waals surface area contributed by atoms with Crippen LogP contribution < -0.4 is 9.47 Å². The van der Waals surface area contributed by atoms with Crippen LogP contribution in [0.5, 0.6) is 11.5 Å². The average molecular weight is 441 g/mol. The van der Waals surface area contributed by atoms with Crippen molar-refractivity contribution in [3.8, 4) is 11.5 Å². The second kappa shape index (κ2) is 7.86. The van der Waals surface area contributed by atoms with E-state index in [4.69, 9.17) is 9.47 Å². The topological polar surface area (TPSA) is 59.1 Å². The molecule has 2 amide bonds. The zero-order chi connectivity index (χ0) is 21.6. The second-order valence-corrected chi connectivity index (χ2v) is 10.2. The summed E-state index contributed by atoms with van der Waals surface area (Å²) in [6.45, 7) is 6.38. The van der Waals surface area contributed by atoms with Crippen LogP contribution in [0.25, 0.3) is 0 Å². The van der Waals surface area contributed by atoms with Gasteiger partial charge >= 0.3 is 0 Å². The molecule has 0 radical (unpaired) electrons. The van der Waals surface area contributed by atoms with Crippen molar-refractivity contribution >= 4 is 23.2 Å². The highest BCUT2D eigenvalue weighted by Crippen LogP contribution is 2.50. The zero-order valence-electron chi connectivity index (χ0n) is 18.0. The molecule has 1 saturated carbocycles. The molecule has 1 saturated heterocycles. The lowest BCUT2D eigenvalue weighted by Gasteiger charge is -2.35. The maximum absolute atomic E-state index is 12.8. The molecule has 3 aliphatic rings. The van der Waals surface area contributed by atoms with E-state index in [1.54, 1.807) is 16.2 Å². The summed E-state index contributed by atoms with van der Waals surface area (Å²) in [6.07, 6.45) is 1.78. The van der Waals surface area contributed by atoms with E-state index in [9.17, 15) is 9.59 Å². The minimum atomic E-state index is -0.251. The van der Waals surface area contributed by atoms with Crippen molar-refractivity contribution in [2.24, 2.45) is 5.92 Å². The first-order chi connectivity index (χ1) is 14.9. The van der Waals surface area contributed by atoms with Crippen molar-refractivity contribution in [2.75, 3.05) is 32.8 Å². The Hall–Kier alpha value is -2.54. The summed E-state index contributed by atoms with van der Waals surface area (Å²) in [5.41, 5.74) is 0.863. The lowest BCUT2D eigenvalue weighted by Crippen LogP contribution is -2.52. The molecular weight excluding hydrogens is 412 g/mol. The Morgan fingerprint density at radius 3 is 2.65 bits per heavy atom. The summed E-state index contributed by atoms with van der Waals surface area (Å²) in [4.78, 5) is 30.5. The van der Waals surface area contributed by atoms with Crippen LogP contribution >= 0.6 is 11.3 Å². The predicted octanol–water partition coefficient (Wildman–Crippen LogP) is 3.31. The number of carbonyl (C=O) groups is 2. The smallest absolute Gasteiger partial charge is 0.260 e. The molecule has 0 N–H and O–H groups in total. The van der Waals surface area contributed by atoms with Crippen molar-refractivity contribution in [3.05, 3.63) is 46.2 Å². The molecule has 6 nitrogen and oxygen atoms in total. The highest BCUT2D eigenvalue weighted by molar-refractivity contribution is 7.10. The molecule has 7 heteroatoms. The third kappa shape index (κ3) is 4.15. The van der Waals surface area contributed by atoms with Crippen LogP contribution in [-0.2, 0) is 16.0 Å². The van der Waals surface area contributed by atoms with Crippen LogP contribution in [0.1, 0.15) is 36.6 Å². The van der Waals surface area contributed by atoms with Gasteiger partial charge in [-0.05, 0) is 37.8 Å². The molecular formula is C24H28N2O4S. The van der Waals surface area contributed by atoms with Crippen LogP contribution in [0.3, 0.4) is 0 Å². The number of amides is 2. The number of nitrogens with zero attached hydrogens (tertiary/aromatic N) is 2. The number of piperazine rings is 1. The van der Waals surface area contributed by atoms with E-state index >= 15 is 0 Å². The normalized spacial score (nSPS) is 23.8. The summed E-state index contributed by atoms with van der Waals surface area (Å²) in [6, 6.07) is 9.99.